The van der Waals surface area contributed by atoms with Crippen LogP contribution in [0.25, 0.3) is 6.08 Å². The zero-order valence-corrected chi connectivity index (χ0v) is 7.57. The average Bonchev–Trinajstić information content (AvgIpc) is 2.13. The molecule has 0 atom stereocenters. The van der Waals surface area contributed by atoms with Gasteiger partial charge in [-0.25, -0.2) is 0 Å². The Morgan fingerprint density at radius 1 is 1.13 bits per heavy atom. The van der Waals surface area contributed by atoms with Crippen LogP contribution in [-0.4, -0.2) is 17.2 Å². The van der Waals surface area contributed by atoms with Crippen LogP contribution in [0.5, 0.6) is 0 Å². The largest absolute Gasteiger partial charge is 0.480 e. The van der Waals surface area contributed by atoms with Crippen molar-refractivity contribution in [2.75, 3.05) is 0 Å². The van der Waals surface area contributed by atoms with Gasteiger partial charge < -0.3 is 10.0 Å². The van der Waals surface area contributed by atoms with Crippen LogP contribution in [0.1, 0.15) is 11.1 Å². The van der Waals surface area contributed by atoms with Crippen LogP contribution in [0.4, 0.5) is 13.2 Å². The van der Waals surface area contributed by atoms with Gasteiger partial charge in [0.25, 0.3) is 0 Å². The SMILES string of the molecule is OB(O)C=Cc1ccccc1C(F)(F)F. The highest BCUT2D eigenvalue weighted by atomic mass is 19.4. The number of hydrogen-bond acceptors (Lipinski definition) is 2. The topological polar surface area (TPSA) is 40.5 Å². The summed E-state index contributed by atoms with van der Waals surface area (Å²) < 4.78 is 37.2. The van der Waals surface area contributed by atoms with Crippen molar-refractivity contribution >= 4 is 13.2 Å². The smallest absolute Gasteiger partial charge is 0.424 e. The van der Waals surface area contributed by atoms with Crippen molar-refractivity contribution in [3.8, 4) is 0 Å². The molecule has 1 aromatic rings. The second kappa shape index (κ2) is 4.50. The van der Waals surface area contributed by atoms with Gasteiger partial charge in [0.15, 0.2) is 0 Å². The van der Waals surface area contributed by atoms with Crippen LogP contribution in [0.15, 0.2) is 30.2 Å². The molecule has 6 heteroatoms. The maximum Gasteiger partial charge on any atom is 0.480 e. The van der Waals surface area contributed by atoms with Crippen LogP contribution < -0.4 is 0 Å². The van der Waals surface area contributed by atoms with Gasteiger partial charge in [0.05, 0.1) is 5.56 Å². The number of hydrogen-bond donors (Lipinski definition) is 2. The molecule has 1 rings (SSSR count). The summed E-state index contributed by atoms with van der Waals surface area (Å²) in [6.45, 7) is 0. The van der Waals surface area contributed by atoms with Gasteiger partial charge in [-0.2, -0.15) is 13.2 Å². The van der Waals surface area contributed by atoms with E-state index in [1.165, 1.54) is 18.2 Å². The fourth-order valence-corrected chi connectivity index (χ4v) is 1.09. The number of halogens is 3. The van der Waals surface area contributed by atoms with E-state index in [1.54, 1.807) is 0 Å². The molecule has 0 amide bonds. The third-order valence-electron chi connectivity index (χ3n) is 1.71. The quantitative estimate of drug-likeness (QED) is 0.739. The van der Waals surface area contributed by atoms with Gasteiger partial charge in [0.2, 0.25) is 0 Å². The number of benzene rings is 1. The molecular formula is C9H8BF3O2. The van der Waals surface area contributed by atoms with Gasteiger partial charge in [-0.15, -0.1) is 0 Å². The van der Waals surface area contributed by atoms with Crippen molar-refractivity contribution in [1.82, 2.24) is 0 Å². The molecule has 1 aromatic carbocycles. The first-order valence-corrected chi connectivity index (χ1v) is 4.12. The zero-order valence-electron chi connectivity index (χ0n) is 7.57. The van der Waals surface area contributed by atoms with E-state index < -0.39 is 18.9 Å². The Morgan fingerprint density at radius 2 is 1.73 bits per heavy atom. The minimum absolute atomic E-state index is 0.0990. The number of alkyl halides is 3. The molecule has 0 heterocycles. The van der Waals surface area contributed by atoms with Gasteiger partial charge in [-0.3, -0.25) is 0 Å². The van der Waals surface area contributed by atoms with Gasteiger partial charge in [0.1, 0.15) is 0 Å². The Kier molecular flexibility index (Phi) is 3.54. The van der Waals surface area contributed by atoms with Crippen molar-refractivity contribution in [2.24, 2.45) is 0 Å². The highest BCUT2D eigenvalue weighted by Crippen LogP contribution is 2.32. The van der Waals surface area contributed by atoms with Crippen LogP contribution in [0.3, 0.4) is 0 Å². The molecule has 0 radical (unpaired) electrons. The molecule has 0 saturated heterocycles. The molecule has 2 N–H and O–H groups in total. The minimum atomic E-state index is -4.44. The standard InChI is InChI=1S/C9H8BF3O2/c11-9(12,13)8-4-2-1-3-7(8)5-6-10(14)15/h1-6,14-15H. The van der Waals surface area contributed by atoms with E-state index in [-0.39, 0.29) is 5.56 Å². The zero-order chi connectivity index (χ0) is 11.5. The molecule has 0 fully saturated rings. The fourth-order valence-electron chi connectivity index (χ4n) is 1.09. The lowest BCUT2D eigenvalue weighted by Gasteiger charge is -2.09. The Labute approximate surface area is 84.8 Å². The van der Waals surface area contributed by atoms with Crippen LogP contribution in [-0.2, 0) is 6.18 Å². The Balaban J connectivity index is 3.08. The summed E-state index contributed by atoms with van der Waals surface area (Å²) >= 11 is 0. The third kappa shape index (κ3) is 3.41. The van der Waals surface area contributed by atoms with Crippen LogP contribution in [0, 0.1) is 0 Å². The van der Waals surface area contributed by atoms with E-state index in [2.05, 4.69) is 0 Å². The summed E-state index contributed by atoms with van der Waals surface area (Å²) in [7, 11) is -1.76. The van der Waals surface area contributed by atoms with Crippen molar-refractivity contribution in [3.05, 3.63) is 41.4 Å². The normalized spacial score (nSPS) is 12.1. The van der Waals surface area contributed by atoms with Crippen molar-refractivity contribution in [3.63, 3.8) is 0 Å². The van der Waals surface area contributed by atoms with E-state index in [0.717, 1.165) is 18.1 Å². The maximum atomic E-state index is 12.4. The molecule has 0 saturated carbocycles. The van der Waals surface area contributed by atoms with Crippen molar-refractivity contribution in [2.45, 2.75) is 6.18 Å². The summed E-state index contributed by atoms with van der Waals surface area (Å²) in [5.41, 5.74) is -0.903. The highest BCUT2D eigenvalue weighted by molar-refractivity contribution is 6.48. The average molecular weight is 216 g/mol. The molecule has 0 bridgehead atoms. The second-order valence-corrected chi connectivity index (χ2v) is 2.86. The molecule has 2 nitrogen and oxygen atoms in total. The predicted molar refractivity (Wildman–Crippen MR) is 50.7 cm³/mol. The summed E-state index contributed by atoms with van der Waals surface area (Å²) in [5.74, 6) is 0.866. The van der Waals surface area contributed by atoms with E-state index in [9.17, 15) is 13.2 Å². The van der Waals surface area contributed by atoms with Gasteiger partial charge >= 0.3 is 13.3 Å². The first-order valence-electron chi connectivity index (χ1n) is 4.12. The monoisotopic (exact) mass is 216 g/mol. The maximum absolute atomic E-state index is 12.4. The Bertz CT molecular complexity index is 361. The lowest BCUT2D eigenvalue weighted by atomic mass is 9.90. The van der Waals surface area contributed by atoms with Crippen molar-refractivity contribution in [1.29, 1.82) is 0 Å². The van der Waals surface area contributed by atoms with Crippen LogP contribution in [0.2, 0.25) is 0 Å². The summed E-state index contributed by atoms with van der Waals surface area (Å²) in [6.07, 6.45) is -3.42. The molecule has 80 valence electrons. The molecule has 0 aliphatic carbocycles. The first kappa shape index (κ1) is 11.8. The van der Waals surface area contributed by atoms with Crippen LogP contribution >= 0.6 is 0 Å². The summed E-state index contributed by atoms with van der Waals surface area (Å²) in [4.78, 5) is 0. The van der Waals surface area contributed by atoms with Gasteiger partial charge in [-0.05, 0) is 11.6 Å². The lowest BCUT2D eigenvalue weighted by Crippen LogP contribution is -2.08. The predicted octanol–water partition coefficient (Wildman–Crippen LogP) is 1.73. The minimum Gasteiger partial charge on any atom is -0.424 e. The van der Waals surface area contributed by atoms with E-state index in [0.29, 0.717) is 0 Å². The van der Waals surface area contributed by atoms with Gasteiger partial charge in [0, 0.05) is 0 Å². The summed E-state index contributed by atoms with van der Waals surface area (Å²) in [6, 6.07) is 4.90. The summed E-state index contributed by atoms with van der Waals surface area (Å²) in [5, 5.41) is 17.0. The molecule has 15 heavy (non-hydrogen) atoms. The highest BCUT2D eigenvalue weighted by Gasteiger charge is 2.32. The Morgan fingerprint density at radius 3 is 2.27 bits per heavy atom. The first-order chi connectivity index (χ1) is 6.91. The molecular weight excluding hydrogens is 208 g/mol. The van der Waals surface area contributed by atoms with Gasteiger partial charge in [-0.1, -0.05) is 30.3 Å². The molecule has 0 unspecified atom stereocenters. The molecule has 0 aliphatic rings. The van der Waals surface area contributed by atoms with E-state index >= 15 is 0 Å². The molecule has 0 aromatic heterocycles. The number of rotatable bonds is 2. The van der Waals surface area contributed by atoms with E-state index in [1.807, 2.05) is 0 Å². The third-order valence-corrected chi connectivity index (χ3v) is 1.71. The second-order valence-electron chi connectivity index (χ2n) is 2.86. The lowest BCUT2D eigenvalue weighted by molar-refractivity contribution is -0.137. The Hall–Kier alpha value is -1.27. The fraction of sp³-hybridized carbons (Fsp3) is 0.111. The molecule has 0 spiro atoms. The van der Waals surface area contributed by atoms with E-state index in [4.69, 9.17) is 10.0 Å². The van der Waals surface area contributed by atoms with Crippen molar-refractivity contribution < 1.29 is 23.2 Å². The molecule has 0 aliphatic heterocycles.